The maximum Gasteiger partial charge on any atom is 0.0666 e. The zero-order chi connectivity index (χ0) is 7.28. The molecule has 4 heteroatoms. The van der Waals surface area contributed by atoms with Crippen LogP contribution in [-0.4, -0.2) is 19.1 Å². The van der Waals surface area contributed by atoms with E-state index in [1.807, 2.05) is 0 Å². The maximum atomic E-state index is 9.49. The lowest BCUT2D eigenvalue weighted by atomic mass is 10.4. The van der Waals surface area contributed by atoms with Crippen LogP contribution in [0.5, 0.6) is 0 Å². The Bertz CT molecular complexity index is 108. The Kier molecular flexibility index (Phi) is 8.00. The molecular weight excluding hydrogens is 154 g/mol. The molecule has 0 aromatic carbocycles. The summed E-state index contributed by atoms with van der Waals surface area (Å²) in [5, 5.41) is 12.5. The Morgan fingerprint density at radius 2 is 1.80 bits per heavy atom. The molecule has 1 saturated heterocycles. The molecule has 1 fully saturated rings. The van der Waals surface area contributed by atoms with Crippen molar-refractivity contribution in [2.24, 2.45) is 0 Å². The van der Waals surface area contributed by atoms with Crippen molar-refractivity contribution in [2.45, 2.75) is 6.92 Å². The minimum absolute atomic E-state index is 0. The predicted octanol–water partition coefficient (Wildman–Crippen LogP) is -0.676. The molecule has 1 N–H and O–H groups in total. The molecule has 1 aliphatic rings. The van der Waals surface area contributed by atoms with Crippen LogP contribution < -0.4 is 10.4 Å². The van der Waals surface area contributed by atoms with Crippen molar-refractivity contribution in [2.75, 3.05) is 13.1 Å². The van der Waals surface area contributed by atoms with Crippen LogP contribution in [0.3, 0.4) is 0 Å². The zero-order valence-electron chi connectivity index (χ0n) is 5.85. The van der Waals surface area contributed by atoms with Gasteiger partial charge in [-0.25, -0.2) is 0 Å². The van der Waals surface area contributed by atoms with Crippen molar-refractivity contribution in [1.82, 2.24) is 5.32 Å². The largest absolute Gasteiger partial charge is 0.545 e. The van der Waals surface area contributed by atoms with Crippen molar-refractivity contribution >= 4 is 18.4 Å². The van der Waals surface area contributed by atoms with E-state index >= 15 is 0 Å². The van der Waals surface area contributed by atoms with Crippen molar-refractivity contribution in [3.05, 3.63) is 12.2 Å². The first-order valence-corrected chi connectivity index (χ1v) is 2.72. The molecule has 0 aliphatic carbocycles. The number of carboxylic acid groups (broad SMARTS) is 1. The number of hydrogen-bond acceptors (Lipinski definition) is 3. The van der Waals surface area contributed by atoms with Gasteiger partial charge in [-0.15, -0.1) is 12.4 Å². The molecule has 1 aliphatic heterocycles. The number of rotatable bonds is 1. The second-order valence-corrected chi connectivity index (χ2v) is 1.82. The highest BCUT2D eigenvalue weighted by Gasteiger charge is 1.91. The summed E-state index contributed by atoms with van der Waals surface area (Å²) in [5.74, 6) is -1.19. The molecule has 0 bridgehead atoms. The molecule has 1 rings (SSSR count). The second-order valence-electron chi connectivity index (χ2n) is 1.82. The fourth-order valence-electron chi connectivity index (χ4n) is 0. The number of aliphatic carboxylic acids is 1. The number of halogens is 1. The minimum atomic E-state index is -1.19. The van der Waals surface area contributed by atoms with Crippen LogP contribution in [0.25, 0.3) is 0 Å². The molecule has 0 aromatic heterocycles. The molecule has 0 unspecified atom stereocenters. The monoisotopic (exact) mass is 164 g/mol. The Balaban J connectivity index is 0. The van der Waals surface area contributed by atoms with Crippen LogP contribution >= 0.6 is 12.4 Å². The zero-order valence-corrected chi connectivity index (χ0v) is 6.66. The van der Waals surface area contributed by atoms with Crippen LogP contribution in [-0.2, 0) is 4.79 Å². The Morgan fingerprint density at radius 1 is 1.60 bits per heavy atom. The van der Waals surface area contributed by atoms with E-state index in [4.69, 9.17) is 0 Å². The van der Waals surface area contributed by atoms with Gasteiger partial charge in [-0.1, -0.05) is 6.58 Å². The average Bonchev–Trinajstić information content (AvgIpc) is 2.46. The van der Waals surface area contributed by atoms with E-state index in [0.717, 1.165) is 0 Å². The summed E-state index contributed by atoms with van der Waals surface area (Å²) in [6, 6.07) is 0. The summed E-state index contributed by atoms with van der Waals surface area (Å²) < 4.78 is 0. The lowest BCUT2D eigenvalue weighted by Crippen LogP contribution is -2.22. The number of carbonyl (C=O) groups excluding carboxylic acids is 1. The topological polar surface area (TPSA) is 62.1 Å². The minimum Gasteiger partial charge on any atom is -0.545 e. The highest BCUT2D eigenvalue weighted by molar-refractivity contribution is 5.85. The number of carboxylic acids is 1. The first-order valence-electron chi connectivity index (χ1n) is 2.72. The van der Waals surface area contributed by atoms with E-state index in [2.05, 4.69) is 11.9 Å². The normalized spacial score (nSPS) is 11.7. The second kappa shape index (κ2) is 6.58. The van der Waals surface area contributed by atoms with Crippen LogP contribution in [0.1, 0.15) is 6.92 Å². The molecule has 1 heterocycles. The average molecular weight is 165 g/mol. The van der Waals surface area contributed by atoms with Crippen molar-refractivity contribution in [3.63, 3.8) is 0 Å². The summed E-state index contributed by atoms with van der Waals surface area (Å²) >= 11 is 0. The van der Waals surface area contributed by atoms with Crippen LogP contribution in [0.15, 0.2) is 12.2 Å². The molecule has 60 valence electrons. The molecule has 0 spiro atoms. The van der Waals surface area contributed by atoms with Gasteiger partial charge in [0.2, 0.25) is 0 Å². The molecular formula is C6H11ClNO2-. The molecule has 0 saturated carbocycles. The van der Waals surface area contributed by atoms with Crippen molar-refractivity contribution < 1.29 is 9.90 Å². The first-order chi connectivity index (χ1) is 4.14. The van der Waals surface area contributed by atoms with E-state index in [1.54, 1.807) is 0 Å². The molecule has 3 nitrogen and oxygen atoms in total. The van der Waals surface area contributed by atoms with Crippen LogP contribution in [0, 0.1) is 0 Å². The van der Waals surface area contributed by atoms with Crippen LogP contribution in [0.4, 0.5) is 0 Å². The molecule has 0 aromatic rings. The highest BCUT2D eigenvalue weighted by atomic mass is 35.5. The quantitative estimate of drug-likeness (QED) is 0.413. The molecule has 10 heavy (non-hydrogen) atoms. The van der Waals surface area contributed by atoms with Gasteiger partial charge in [-0.3, -0.25) is 0 Å². The SMILES string of the molecule is C1CN1.C=C(C)C(=O)[O-].Cl. The van der Waals surface area contributed by atoms with E-state index in [0.29, 0.717) is 0 Å². The fourth-order valence-corrected chi connectivity index (χ4v) is 0. The molecule has 0 radical (unpaired) electrons. The number of hydrogen-bond donors (Lipinski definition) is 1. The Hall–Kier alpha value is -0.540. The molecule has 0 atom stereocenters. The smallest absolute Gasteiger partial charge is 0.0666 e. The number of nitrogens with one attached hydrogen (secondary N) is 1. The predicted molar refractivity (Wildman–Crippen MR) is 39.9 cm³/mol. The Morgan fingerprint density at radius 3 is 1.80 bits per heavy atom. The van der Waals surface area contributed by atoms with E-state index in [-0.39, 0.29) is 18.0 Å². The third-order valence-electron chi connectivity index (χ3n) is 0.598. The van der Waals surface area contributed by atoms with Gasteiger partial charge in [0.05, 0.1) is 5.97 Å². The summed E-state index contributed by atoms with van der Waals surface area (Å²) in [5.41, 5.74) is 0.0648. The van der Waals surface area contributed by atoms with Crippen molar-refractivity contribution in [3.8, 4) is 0 Å². The van der Waals surface area contributed by atoms with Gasteiger partial charge in [0.25, 0.3) is 0 Å². The van der Waals surface area contributed by atoms with Crippen molar-refractivity contribution in [1.29, 1.82) is 0 Å². The van der Waals surface area contributed by atoms with Gasteiger partial charge in [-0.2, -0.15) is 0 Å². The third-order valence-corrected chi connectivity index (χ3v) is 0.598. The maximum absolute atomic E-state index is 9.49. The Labute approximate surface area is 66.5 Å². The van der Waals surface area contributed by atoms with E-state index in [9.17, 15) is 9.90 Å². The van der Waals surface area contributed by atoms with Gasteiger partial charge in [0.15, 0.2) is 0 Å². The van der Waals surface area contributed by atoms with Crippen LogP contribution in [0.2, 0.25) is 0 Å². The van der Waals surface area contributed by atoms with Gasteiger partial charge >= 0.3 is 0 Å². The molecule has 0 amide bonds. The number of carbonyl (C=O) groups is 1. The van der Waals surface area contributed by atoms with E-state index < -0.39 is 5.97 Å². The summed E-state index contributed by atoms with van der Waals surface area (Å²) in [6.07, 6.45) is 0. The summed E-state index contributed by atoms with van der Waals surface area (Å²) in [7, 11) is 0. The van der Waals surface area contributed by atoms with Gasteiger partial charge in [0, 0.05) is 13.1 Å². The third kappa shape index (κ3) is 15.7. The lowest BCUT2D eigenvalue weighted by molar-refractivity contribution is -0.299. The standard InChI is InChI=1S/C4H6O2.C2H5N.ClH/c1-3(2)4(5)6;1-2-3-1;/h1H2,2H3,(H,5,6);3H,1-2H2;1H/p-1. The first kappa shape index (κ1) is 12.2. The van der Waals surface area contributed by atoms with Gasteiger partial charge < -0.3 is 15.2 Å². The van der Waals surface area contributed by atoms with E-state index in [1.165, 1.54) is 20.0 Å². The highest BCUT2D eigenvalue weighted by Crippen LogP contribution is 1.77. The van der Waals surface area contributed by atoms with Gasteiger partial charge in [-0.05, 0) is 12.5 Å². The van der Waals surface area contributed by atoms with Gasteiger partial charge in [0.1, 0.15) is 0 Å². The summed E-state index contributed by atoms with van der Waals surface area (Å²) in [4.78, 5) is 9.49. The fraction of sp³-hybridized carbons (Fsp3) is 0.500. The summed E-state index contributed by atoms with van der Waals surface area (Å²) in [6.45, 7) is 6.98. The lowest BCUT2D eigenvalue weighted by Gasteiger charge is -1.93.